The molecule has 0 aromatic carbocycles. The van der Waals surface area contributed by atoms with Gasteiger partial charge in [-0.1, -0.05) is 59.0 Å². The number of Topliss-reactive ketones (excluding diaryl/α,β-unsaturated/α-hetero) is 1. The van der Waals surface area contributed by atoms with Gasteiger partial charge in [0.2, 0.25) is 27.6 Å². The van der Waals surface area contributed by atoms with E-state index in [4.69, 9.17) is 4.74 Å². The molecular weight excluding hydrogens is 713 g/mol. The van der Waals surface area contributed by atoms with Crippen molar-refractivity contribution in [2.24, 2.45) is 23.2 Å². The van der Waals surface area contributed by atoms with Gasteiger partial charge < -0.3 is 30.9 Å². The predicted molar refractivity (Wildman–Crippen MR) is 207 cm³/mol. The van der Waals surface area contributed by atoms with Crippen molar-refractivity contribution < 1.29 is 37.1 Å². The van der Waals surface area contributed by atoms with Crippen LogP contribution in [0.15, 0.2) is 12.7 Å². The number of nitrogens with zero attached hydrogens (tertiary/aromatic N) is 2. The van der Waals surface area contributed by atoms with Gasteiger partial charge in [0.15, 0.2) is 0 Å². The number of fused-ring (bicyclic) bond motifs is 1. The maximum atomic E-state index is 14.8. The van der Waals surface area contributed by atoms with E-state index in [2.05, 4.69) is 27.8 Å². The van der Waals surface area contributed by atoms with Crippen LogP contribution in [-0.4, -0.2) is 114 Å². The minimum Gasteiger partial charge on any atom is -0.370 e. The number of carbonyl (C=O) groups is 5. The molecule has 14 nitrogen and oxygen atoms in total. The van der Waals surface area contributed by atoms with Crippen molar-refractivity contribution in [2.45, 2.75) is 155 Å². The Morgan fingerprint density at radius 1 is 0.963 bits per heavy atom. The molecule has 0 aromatic rings. The fourth-order valence-electron chi connectivity index (χ4n) is 8.04. The third-order valence-corrected chi connectivity index (χ3v) is 13.8. The highest BCUT2D eigenvalue weighted by atomic mass is 32.2. The number of ether oxygens (including phenoxy) is 1. The van der Waals surface area contributed by atoms with E-state index in [0.29, 0.717) is 25.7 Å². The number of carbonyl (C=O) groups excluding carboxylic acids is 5. The molecule has 0 aromatic heterocycles. The van der Waals surface area contributed by atoms with E-state index in [1.165, 1.54) is 22.3 Å². The maximum absolute atomic E-state index is 14.8. The van der Waals surface area contributed by atoms with Gasteiger partial charge in [-0.3, -0.25) is 19.2 Å². The highest BCUT2D eigenvalue weighted by molar-refractivity contribution is 7.89. The SMILES string of the molecule is C=CCNC(=O)C(=O)C(CC1CC1)NC(=O)[C@@H]1[C@H]2CC(C)(C)O[C@H]2CN1C(=O)[C@@H](NC(=O)N[C@H](CS(=O)(=O)N(C)C(C)(C)C)C(C)(C)C)C1CCCCC1. The van der Waals surface area contributed by atoms with Crippen molar-refractivity contribution in [3.8, 4) is 0 Å². The lowest BCUT2D eigenvalue weighted by molar-refractivity contribution is -0.144. The number of nitrogens with one attached hydrogen (secondary N) is 4. The number of urea groups is 1. The standard InChI is InChI=1S/C39H66N6O8S/c1-11-19-40-34(48)32(46)27(20-24-17-18-24)41-33(47)31-26-21-39(8,9)53-28(26)22-45(31)35(49)30(25-15-13-12-14-16-25)43-36(50)42-29(37(2,3)4)23-54(51,52)44(10)38(5,6)7/h11,24-31H,1,12-23H2,2-10H3,(H,40,48)(H,41,47)(H2,42,43,50)/t26-,27?,28-,29+,30-,31-/m0/s1. The number of hydrogen-bond donors (Lipinski definition) is 4. The number of rotatable bonds is 15. The molecule has 4 N–H and O–H groups in total. The fourth-order valence-corrected chi connectivity index (χ4v) is 10.1. The van der Waals surface area contributed by atoms with Crippen molar-refractivity contribution in [1.29, 1.82) is 0 Å². The van der Waals surface area contributed by atoms with Crippen LogP contribution in [-0.2, 0) is 33.9 Å². The lowest BCUT2D eigenvalue weighted by Crippen LogP contribution is -2.61. The molecule has 2 saturated carbocycles. The molecule has 6 atom stereocenters. The van der Waals surface area contributed by atoms with Crippen molar-refractivity contribution in [1.82, 2.24) is 30.5 Å². The molecule has 5 amide bonds. The predicted octanol–water partition coefficient (Wildman–Crippen LogP) is 3.26. The second-order valence-corrected chi connectivity index (χ2v) is 20.7. The van der Waals surface area contributed by atoms with Gasteiger partial charge >= 0.3 is 6.03 Å². The van der Waals surface area contributed by atoms with Crippen molar-refractivity contribution in [3.05, 3.63) is 12.7 Å². The van der Waals surface area contributed by atoms with Crippen LogP contribution in [0, 0.1) is 23.2 Å². The summed E-state index contributed by atoms with van der Waals surface area (Å²) in [6.07, 6.45) is 7.82. The third-order valence-electron chi connectivity index (χ3n) is 11.6. The molecule has 15 heteroatoms. The summed E-state index contributed by atoms with van der Waals surface area (Å²) in [5.41, 5.74) is -1.85. The molecule has 0 spiro atoms. The van der Waals surface area contributed by atoms with Crippen LogP contribution >= 0.6 is 0 Å². The molecule has 0 radical (unpaired) electrons. The Labute approximate surface area is 322 Å². The Morgan fingerprint density at radius 3 is 2.15 bits per heavy atom. The summed E-state index contributed by atoms with van der Waals surface area (Å²) in [5.74, 6) is -3.19. The summed E-state index contributed by atoms with van der Waals surface area (Å²) in [6, 6.07) is -4.49. The van der Waals surface area contributed by atoms with Crippen LogP contribution in [0.25, 0.3) is 0 Å². The first-order valence-corrected chi connectivity index (χ1v) is 21.3. The average Bonchev–Trinajstić information content (AvgIpc) is 3.76. The molecule has 54 heavy (non-hydrogen) atoms. The summed E-state index contributed by atoms with van der Waals surface area (Å²) in [4.78, 5) is 70.7. The van der Waals surface area contributed by atoms with E-state index in [-0.39, 0.29) is 36.6 Å². The molecule has 2 saturated heterocycles. The van der Waals surface area contributed by atoms with Gasteiger partial charge in [-0.15, -0.1) is 6.58 Å². The molecule has 4 fully saturated rings. The van der Waals surface area contributed by atoms with E-state index < -0.39 is 86.4 Å². The molecule has 306 valence electrons. The van der Waals surface area contributed by atoms with E-state index >= 15 is 0 Å². The highest BCUT2D eigenvalue weighted by Gasteiger charge is 2.57. The van der Waals surface area contributed by atoms with Gasteiger partial charge in [0, 0.05) is 31.6 Å². The summed E-state index contributed by atoms with van der Waals surface area (Å²) >= 11 is 0. The summed E-state index contributed by atoms with van der Waals surface area (Å²) in [6.45, 7) is 18.7. The van der Waals surface area contributed by atoms with Gasteiger partial charge in [0.05, 0.1) is 29.5 Å². The lowest BCUT2D eigenvalue weighted by Gasteiger charge is -2.38. The van der Waals surface area contributed by atoms with E-state index in [1.54, 1.807) is 20.8 Å². The first kappa shape index (κ1) is 43.7. The van der Waals surface area contributed by atoms with Crippen LogP contribution in [0.4, 0.5) is 4.79 Å². The van der Waals surface area contributed by atoms with Crippen LogP contribution in [0.2, 0.25) is 0 Å². The zero-order valence-electron chi connectivity index (χ0n) is 34.0. The Bertz CT molecular complexity index is 1530. The zero-order chi connectivity index (χ0) is 40.4. The normalized spacial score (nSPS) is 24.9. The molecule has 4 aliphatic rings. The second kappa shape index (κ2) is 17.0. The summed E-state index contributed by atoms with van der Waals surface area (Å²) < 4.78 is 34.6. The number of amides is 5. The van der Waals surface area contributed by atoms with Crippen LogP contribution < -0.4 is 21.3 Å². The van der Waals surface area contributed by atoms with E-state index in [0.717, 1.165) is 32.1 Å². The van der Waals surface area contributed by atoms with Crippen LogP contribution in [0.3, 0.4) is 0 Å². The fraction of sp³-hybridized carbons (Fsp3) is 0.821. The first-order valence-electron chi connectivity index (χ1n) is 19.7. The third kappa shape index (κ3) is 11.0. The van der Waals surface area contributed by atoms with Crippen molar-refractivity contribution in [2.75, 3.05) is 25.9 Å². The topological polar surface area (TPSA) is 183 Å². The van der Waals surface area contributed by atoms with Gasteiger partial charge in [-0.25, -0.2) is 13.2 Å². The number of sulfonamides is 1. The lowest BCUT2D eigenvalue weighted by atomic mass is 9.83. The van der Waals surface area contributed by atoms with E-state index in [9.17, 15) is 32.4 Å². The molecule has 0 bridgehead atoms. The quantitative estimate of drug-likeness (QED) is 0.144. The Balaban J connectivity index is 1.61. The number of ketones is 1. The van der Waals surface area contributed by atoms with E-state index in [1.807, 2.05) is 34.6 Å². The Kier molecular flexibility index (Phi) is 13.7. The van der Waals surface area contributed by atoms with Crippen LogP contribution in [0.5, 0.6) is 0 Å². The monoisotopic (exact) mass is 778 g/mol. The van der Waals surface area contributed by atoms with Gasteiger partial charge in [0.25, 0.3) is 5.91 Å². The van der Waals surface area contributed by atoms with Crippen molar-refractivity contribution >= 4 is 39.6 Å². The zero-order valence-corrected chi connectivity index (χ0v) is 34.8. The molecule has 2 heterocycles. The molecule has 4 rings (SSSR count). The van der Waals surface area contributed by atoms with Crippen LogP contribution in [0.1, 0.15) is 113 Å². The molecule has 2 aliphatic carbocycles. The Hall–Kier alpha value is -3.04. The Morgan fingerprint density at radius 2 is 1.59 bits per heavy atom. The second-order valence-electron chi connectivity index (χ2n) is 18.7. The van der Waals surface area contributed by atoms with Gasteiger partial charge in [0.1, 0.15) is 12.1 Å². The molecular formula is C39H66N6O8S. The maximum Gasteiger partial charge on any atom is 0.315 e. The molecule has 1 unspecified atom stereocenters. The van der Waals surface area contributed by atoms with Crippen molar-refractivity contribution in [3.63, 3.8) is 0 Å². The highest BCUT2D eigenvalue weighted by Crippen LogP contribution is 2.44. The average molecular weight is 779 g/mol. The summed E-state index contributed by atoms with van der Waals surface area (Å²) in [5, 5.41) is 11.2. The first-order chi connectivity index (χ1) is 24.9. The minimum atomic E-state index is -3.79. The molecule has 2 aliphatic heterocycles. The van der Waals surface area contributed by atoms with Gasteiger partial charge in [-0.05, 0) is 77.6 Å². The number of likely N-dealkylation sites (tertiary alicyclic amines) is 1. The van der Waals surface area contributed by atoms with Gasteiger partial charge in [-0.2, -0.15) is 4.31 Å². The minimum absolute atomic E-state index is 0.110. The summed E-state index contributed by atoms with van der Waals surface area (Å²) in [7, 11) is -2.26. The largest absolute Gasteiger partial charge is 0.370 e. The number of hydrogen-bond acceptors (Lipinski definition) is 8. The smallest absolute Gasteiger partial charge is 0.315 e.